The first-order valence-corrected chi connectivity index (χ1v) is 7.83. The van der Waals surface area contributed by atoms with E-state index in [2.05, 4.69) is 24.4 Å². The van der Waals surface area contributed by atoms with E-state index < -0.39 is 0 Å². The zero-order valence-corrected chi connectivity index (χ0v) is 12.8. The van der Waals surface area contributed by atoms with E-state index in [-0.39, 0.29) is 0 Å². The van der Waals surface area contributed by atoms with Crippen LogP contribution in [0.4, 0.5) is 11.4 Å². The zero-order valence-electron chi connectivity index (χ0n) is 12.8. The summed E-state index contributed by atoms with van der Waals surface area (Å²) in [6.45, 7) is 2.24. The Bertz CT molecular complexity index is 532. The average Bonchev–Trinajstić information content (AvgIpc) is 2.53. The van der Waals surface area contributed by atoms with Crippen molar-refractivity contribution in [1.29, 1.82) is 0 Å². The van der Waals surface area contributed by atoms with Gasteiger partial charge in [-0.25, -0.2) is 4.99 Å². The van der Waals surface area contributed by atoms with Crippen LogP contribution in [-0.4, -0.2) is 5.84 Å². The molecule has 0 aliphatic heterocycles. The first-order valence-electron chi connectivity index (χ1n) is 7.83. The first-order chi connectivity index (χ1) is 10.4. The van der Waals surface area contributed by atoms with Gasteiger partial charge in [0, 0.05) is 12.1 Å². The van der Waals surface area contributed by atoms with Crippen molar-refractivity contribution in [2.24, 2.45) is 4.99 Å². The van der Waals surface area contributed by atoms with Gasteiger partial charge in [0.2, 0.25) is 0 Å². The van der Waals surface area contributed by atoms with Crippen molar-refractivity contribution >= 4 is 17.2 Å². The summed E-state index contributed by atoms with van der Waals surface area (Å²) in [5, 5.41) is 3.45. The molecule has 1 N–H and O–H groups in total. The quantitative estimate of drug-likeness (QED) is 0.387. The number of hydrogen-bond donors (Lipinski definition) is 1. The summed E-state index contributed by atoms with van der Waals surface area (Å²) in [7, 11) is 0. The maximum Gasteiger partial charge on any atom is 0.107 e. The largest absolute Gasteiger partial charge is 0.344 e. The predicted octanol–water partition coefficient (Wildman–Crippen LogP) is 5.80. The van der Waals surface area contributed by atoms with E-state index in [1.54, 1.807) is 0 Å². The minimum atomic E-state index is 0.990. The number of unbranched alkanes of at least 4 members (excludes halogenated alkanes) is 3. The number of hydrogen-bond acceptors (Lipinski definition) is 1. The van der Waals surface area contributed by atoms with Gasteiger partial charge in [-0.3, -0.25) is 0 Å². The molecule has 0 atom stereocenters. The molecular weight excluding hydrogens is 256 g/mol. The Balaban J connectivity index is 2.04. The van der Waals surface area contributed by atoms with Crippen LogP contribution in [0.15, 0.2) is 65.7 Å². The highest BCUT2D eigenvalue weighted by molar-refractivity contribution is 5.96. The molecule has 0 aromatic heterocycles. The summed E-state index contributed by atoms with van der Waals surface area (Å²) in [6, 6.07) is 20.4. The maximum absolute atomic E-state index is 4.76. The van der Waals surface area contributed by atoms with Crippen LogP contribution in [0.2, 0.25) is 0 Å². The van der Waals surface area contributed by atoms with Crippen molar-refractivity contribution in [3.8, 4) is 0 Å². The summed E-state index contributed by atoms with van der Waals surface area (Å²) in [4.78, 5) is 4.76. The number of nitrogens with zero attached hydrogens (tertiary/aromatic N) is 1. The standard InChI is InChI=1S/C19H24N2/c1-2-3-4-11-16-19(20-17-12-7-5-8-13-17)21-18-14-9-6-10-15-18/h5-10,12-15H,2-4,11,16H2,1H3,(H,20,21). The lowest BCUT2D eigenvalue weighted by Gasteiger charge is -2.10. The van der Waals surface area contributed by atoms with Crippen LogP contribution in [0.25, 0.3) is 0 Å². The molecule has 2 rings (SSSR count). The van der Waals surface area contributed by atoms with E-state index >= 15 is 0 Å². The van der Waals surface area contributed by atoms with Crippen LogP contribution in [0.1, 0.15) is 39.0 Å². The highest BCUT2D eigenvalue weighted by Crippen LogP contribution is 2.15. The molecule has 2 nitrogen and oxygen atoms in total. The number of rotatable bonds is 7. The molecule has 0 saturated heterocycles. The van der Waals surface area contributed by atoms with Crippen LogP contribution in [-0.2, 0) is 0 Å². The minimum absolute atomic E-state index is 0.990. The average molecular weight is 280 g/mol. The minimum Gasteiger partial charge on any atom is -0.344 e. The molecule has 110 valence electrons. The van der Waals surface area contributed by atoms with Gasteiger partial charge in [-0.1, -0.05) is 62.6 Å². The smallest absolute Gasteiger partial charge is 0.107 e. The van der Waals surface area contributed by atoms with E-state index in [1.165, 1.54) is 25.7 Å². The van der Waals surface area contributed by atoms with Gasteiger partial charge >= 0.3 is 0 Å². The third kappa shape index (κ3) is 5.82. The lowest BCUT2D eigenvalue weighted by molar-refractivity contribution is 0.682. The van der Waals surface area contributed by atoms with Crippen LogP contribution < -0.4 is 5.32 Å². The Labute approximate surface area is 127 Å². The lowest BCUT2D eigenvalue weighted by Crippen LogP contribution is -2.11. The van der Waals surface area contributed by atoms with Gasteiger partial charge in [0.1, 0.15) is 5.84 Å². The summed E-state index contributed by atoms with van der Waals surface area (Å²) >= 11 is 0. The molecule has 0 unspecified atom stereocenters. The van der Waals surface area contributed by atoms with Crippen molar-refractivity contribution in [3.05, 3.63) is 60.7 Å². The van der Waals surface area contributed by atoms with Crippen LogP contribution in [0.5, 0.6) is 0 Å². The Hall–Kier alpha value is -2.09. The van der Waals surface area contributed by atoms with Crippen molar-refractivity contribution in [2.75, 3.05) is 5.32 Å². The molecule has 0 heterocycles. The highest BCUT2D eigenvalue weighted by Gasteiger charge is 2.01. The molecule has 0 aliphatic rings. The molecule has 2 heteroatoms. The van der Waals surface area contributed by atoms with E-state index in [4.69, 9.17) is 4.99 Å². The maximum atomic E-state index is 4.76. The third-order valence-corrected chi connectivity index (χ3v) is 3.35. The molecule has 0 radical (unpaired) electrons. The van der Waals surface area contributed by atoms with Gasteiger partial charge in [-0.15, -0.1) is 0 Å². The second-order valence-corrected chi connectivity index (χ2v) is 5.20. The lowest BCUT2D eigenvalue weighted by atomic mass is 10.1. The number of nitrogens with one attached hydrogen (secondary N) is 1. The van der Waals surface area contributed by atoms with E-state index in [0.717, 1.165) is 23.6 Å². The Morgan fingerprint density at radius 3 is 2.19 bits per heavy atom. The van der Waals surface area contributed by atoms with Crippen molar-refractivity contribution in [2.45, 2.75) is 39.0 Å². The fraction of sp³-hybridized carbons (Fsp3) is 0.316. The van der Waals surface area contributed by atoms with Crippen molar-refractivity contribution < 1.29 is 0 Å². The topological polar surface area (TPSA) is 24.4 Å². The van der Waals surface area contributed by atoms with Crippen LogP contribution in [0, 0.1) is 0 Å². The summed E-state index contributed by atoms with van der Waals surface area (Å²) < 4.78 is 0. The van der Waals surface area contributed by atoms with Crippen LogP contribution >= 0.6 is 0 Å². The van der Waals surface area contributed by atoms with Gasteiger partial charge in [0.15, 0.2) is 0 Å². The molecule has 0 amide bonds. The molecule has 2 aromatic rings. The molecule has 0 aliphatic carbocycles. The van der Waals surface area contributed by atoms with Gasteiger partial charge < -0.3 is 5.32 Å². The normalized spacial score (nSPS) is 11.4. The third-order valence-electron chi connectivity index (χ3n) is 3.35. The summed E-state index contributed by atoms with van der Waals surface area (Å²) in [5.41, 5.74) is 2.11. The number of benzene rings is 2. The number of para-hydroxylation sites is 2. The summed E-state index contributed by atoms with van der Waals surface area (Å²) in [6.07, 6.45) is 5.99. The molecule has 0 bridgehead atoms. The Morgan fingerprint density at radius 2 is 1.52 bits per heavy atom. The van der Waals surface area contributed by atoms with Gasteiger partial charge in [0.05, 0.1) is 5.69 Å². The number of anilines is 1. The second-order valence-electron chi connectivity index (χ2n) is 5.20. The molecule has 2 aromatic carbocycles. The first kappa shape index (κ1) is 15.3. The molecule has 0 saturated carbocycles. The number of amidine groups is 1. The zero-order chi connectivity index (χ0) is 14.8. The Kier molecular flexibility index (Phi) is 6.53. The van der Waals surface area contributed by atoms with Gasteiger partial charge in [-0.2, -0.15) is 0 Å². The predicted molar refractivity (Wildman–Crippen MR) is 92.4 cm³/mol. The summed E-state index contributed by atoms with van der Waals surface area (Å²) in [5.74, 6) is 1.04. The van der Waals surface area contributed by atoms with Gasteiger partial charge in [0.25, 0.3) is 0 Å². The van der Waals surface area contributed by atoms with E-state index in [1.807, 2.05) is 48.5 Å². The molecular formula is C19H24N2. The monoisotopic (exact) mass is 280 g/mol. The van der Waals surface area contributed by atoms with E-state index in [0.29, 0.717) is 0 Å². The highest BCUT2D eigenvalue weighted by atomic mass is 15.0. The molecule has 0 spiro atoms. The molecule has 21 heavy (non-hydrogen) atoms. The fourth-order valence-corrected chi connectivity index (χ4v) is 2.21. The number of aliphatic imine (C=N–C) groups is 1. The van der Waals surface area contributed by atoms with Crippen molar-refractivity contribution in [3.63, 3.8) is 0 Å². The van der Waals surface area contributed by atoms with Crippen LogP contribution in [0.3, 0.4) is 0 Å². The Morgan fingerprint density at radius 1 is 0.857 bits per heavy atom. The second kappa shape index (κ2) is 8.96. The van der Waals surface area contributed by atoms with Gasteiger partial charge in [-0.05, 0) is 30.7 Å². The fourth-order valence-electron chi connectivity index (χ4n) is 2.21. The van der Waals surface area contributed by atoms with Crippen molar-refractivity contribution in [1.82, 2.24) is 0 Å². The van der Waals surface area contributed by atoms with E-state index in [9.17, 15) is 0 Å². The molecule has 0 fully saturated rings. The SMILES string of the molecule is CCCCCCC(=Nc1ccccc1)Nc1ccccc1.